The predicted molar refractivity (Wildman–Crippen MR) is 84.5 cm³/mol. The lowest BCUT2D eigenvalue weighted by Crippen LogP contribution is -2.26. The number of halogens is 1. The largest absolute Gasteiger partial charge is 0.326 e. The lowest BCUT2D eigenvalue weighted by molar-refractivity contribution is 0.567. The van der Waals surface area contributed by atoms with Crippen LogP contribution < -0.4 is 10.5 Å². The van der Waals surface area contributed by atoms with E-state index in [9.17, 15) is 8.42 Å². The van der Waals surface area contributed by atoms with Crippen molar-refractivity contribution in [2.75, 3.05) is 0 Å². The van der Waals surface area contributed by atoms with Crippen molar-refractivity contribution < 1.29 is 8.42 Å². The molecule has 0 aromatic heterocycles. The molecule has 0 fully saturated rings. The molecule has 6 heteroatoms. The molecule has 3 N–H and O–H groups in total. The second kappa shape index (κ2) is 6.58. The van der Waals surface area contributed by atoms with Crippen LogP contribution in [0.5, 0.6) is 0 Å². The molecule has 2 aromatic carbocycles. The van der Waals surface area contributed by atoms with Crippen LogP contribution in [0.4, 0.5) is 0 Å². The summed E-state index contributed by atoms with van der Waals surface area (Å²) in [6.07, 6.45) is 0. The predicted octanol–water partition coefficient (Wildman–Crippen LogP) is 2.84. The molecule has 2 rings (SSSR count). The van der Waals surface area contributed by atoms with Crippen molar-refractivity contribution in [1.82, 2.24) is 4.72 Å². The molecular weight excluding hydrogens is 308 g/mol. The first-order valence-corrected chi connectivity index (χ1v) is 8.36. The van der Waals surface area contributed by atoms with Crippen molar-refractivity contribution in [1.29, 1.82) is 0 Å². The van der Waals surface area contributed by atoms with Crippen LogP contribution >= 0.6 is 11.6 Å². The van der Waals surface area contributed by atoms with Crippen LogP contribution in [0.2, 0.25) is 5.02 Å². The highest BCUT2D eigenvalue weighted by Crippen LogP contribution is 2.22. The maximum absolute atomic E-state index is 12.4. The van der Waals surface area contributed by atoms with Gasteiger partial charge in [-0.3, -0.25) is 0 Å². The number of sulfonamides is 1. The second-order valence-corrected chi connectivity index (χ2v) is 6.83. The minimum Gasteiger partial charge on any atom is -0.326 e. The van der Waals surface area contributed by atoms with Crippen molar-refractivity contribution >= 4 is 21.6 Å². The van der Waals surface area contributed by atoms with Crippen LogP contribution in [0.15, 0.2) is 53.4 Å². The Morgan fingerprint density at radius 2 is 1.86 bits per heavy atom. The molecular formula is C15H17ClN2O2S. The zero-order chi connectivity index (χ0) is 15.5. The molecule has 0 bridgehead atoms. The number of nitrogens with two attached hydrogens (primary N) is 1. The van der Waals surface area contributed by atoms with Gasteiger partial charge in [0.05, 0.1) is 4.90 Å². The molecule has 112 valence electrons. The number of hydrogen-bond acceptors (Lipinski definition) is 3. The summed E-state index contributed by atoms with van der Waals surface area (Å²) in [5, 5.41) is 0.354. The molecule has 1 unspecified atom stereocenters. The molecule has 4 nitrogen and oxygen atoms in total. The van der Waals surface area contributed by atoms with Gasteiger partial charge in [-0.15, -0.1) is 0 Å². The van der Waals surface area contributed by atoms with Crippen molar-refractivity contribution in [2.45, 2.75) is 24.4 Å². The van der Waals surface area contributed by atoms with E-state index in [1.165, 1.54) is 12.1 Å². The van der Waals surface area contributed by atoms with Gasteiger partial charge in [-0.05, 0) is 30.2 Å². The van der Waals surface area contributed by atoms with Gasteiger partial charge in [0.1, 0.15) is 0 Å². The van der Waals surface area contributed by atoms with E-state index >= 15 is 0 Å². The Hall–Kier alpha value is -1.40. The Morgan fingerprint density at radius 3 is 2.43 bits per heavy atom. The second-order valence-electron chi connectivity index (χ2n) is 4.71. The smallest absolute Gasteiger partial charge is 0.241 e. The van der Waals surface area contributed by atoms with Crippen molar-refractivity contribution in [3.63, 3.8) is 0 Å². The minimum atomic E-state index is -3.63. The van der Waals surface area contributed by atoms with Gasteiger partial charge in [-0.1, -0.05) is 48.0 Å². The molecule has 0 saturated carbocycles. The third-order valence-corrected chi connectivity index (χ3v) is 5.08. The van der Waals surface area contributed by atoms with E-state index in [-0.39, 0.29) is 17.5 Å². The minimum absolute atomic E-state index is 0.132. The van der Waals surface area contributed by atoms with Gasteiger partial charge in [0.15, 0.2) is 0 Å². The van der Waals surface area contributed by atoms with E-state index in [4.69, 9.17) is 17.3 Å². The Morgan fingerprint density at radius 1 is 1.19 bits per heavy atom. The summed E-state index contributed by atoms with van der Waals surface area (Å²) in [6, 6.07) is 13.6. The van der Waals surface area contributed by atoms with Gasteiger partial charge in [0, 0.05) is 17.6 Å². The first kappa shape index (κ1) is 16.0. The molecule has 0 aliphatic carbocycles. The molecule has 0 heterocycles. The molecule has 0 saturated heterocycles. The molecule has 0 aliphatic rings. The van der Waals surface area contributed by atoms with Crippen molar-refractivity contribution in [2.24, 2.45) is 5.73 Å². The summed E-state index contributed by atoms with van der Waals surface area (Å²) in [7, 11) is -3.63. The van der Waals surface area contributed by atoms with Crippen LogP contribution in [0.1, 0.15) is 24.1 Å². The van der Waals surface area contributed by atoms with E-state index in [0.29, 0.717) is 10.6 Å². The van der Waals surface area contributed by atoms with Crippen LogP contribution in [0.3, 0.4) is 0 Å². The van der Waals surface area contributed by atoms with E-state index in [1.54, 1.807) is 13.0 Å². The molecule has 0 spiro atoms. The lowest BCUT2D eigenvalue weighted by atomic mass is 10.1. The van der Waals surface area contributed by atoms with Crippen molar-refractivity contribution in [3.05, 3.63) is 64.7 Å². The summed E-state index contributed by atoms with van der Waals surface area (Å²) >= 11 is 6.02. The number of benzene rings is 2. The molecule has 2 aromatic rings. The van der Waals surface area contributed by atoms with Gasteiger partial charge < -0.3 is 5.73 Å². The van der Waals surface area contributed by atoms with Crippen LogP contribution in [0.25, 0.3) is 0 Å². The summed E-state index contributed by atoms with van der Waals surface area (Å²) < 4.78 is 27.4. The Balaban J connectivity index is 2.24. The number of rotatable bonds is 5. The van der Waals surface area contributed by atoms with Gasteiger partial charge in [0.25, 0.3) is 0 Å². The zero-order valence-corrected chi connectivity index (χ0v) is 13.2. The first-order valence-electron chi connectivity index (χ1n) is 6.50. The third kappa shape index (κ3) is 3.83. The fourth-order valence-corrected chi connectivity index (χ4v) is 3.55. The number of hydrogen-bond donors (Lipinski definition) is 2. The average Bonchev–Trinajstić information content (AvgIpc) is 2.47. The fraction of sp³-hybridized carbons (Fsp3) is 0.200. The standard InChI is InChI=1S/C15H17ClN2O2S/c1-11(12-5-3-2-4-6-12)18-21(19,20)14-8-7-13(10-17)15(16)9-14/h2-9,11,18H,10,17H2,1H3. The Labute approximate surface area is 130 Å². The van der Waals surface area contributed by atoms with E-state index in [1.807, 2.05) is 30.3 Å². The molecule has 0 radical (unpaired) electrons. The van der Waals surface area contributed by atoms with Crippen LogP contribution in [-0.2, 0) is 16.6 Å². The highest BCUT2D eigenvalue weighted by atomic mass is 35.5. The Bertz CT molecular complexity index is 718. The molecule has 21 heavy (non-hydrogen) atoms. The SMILES string of the molecule is CC(NS(=O)(=O)c1ccc(CN)c(Cl)c1)c1ccccc1. The van der Waals surface area contributed by atoms with Crippen LogP contribution in [-0.4, -0.2) is 8.42 Å². The topological polar surface area (TPSA) is 72.2 Å². The first-order chi connectivity index (χ1) is 9.94. The van der Waals surface area contributed by atoms with Gasteiger partial charge in [0.2, 0.25) is 10.0 Å². The van der Waals surface area contributed by atoms with E-state index in [2.05, 4.69) is 4.72 Å². The maximum Gasteiger partial charge on any atom is 0.241 e. The highest BCUT2D eigenvalue weighted by molar-refractivity contribution is 7.89. The highest BCUT2D eigenvalue weighted by Gasteiger charge is 2.19. The third-order valence-electron chi connectivity index (χ3n) is 3.19. The maximum atomic E-state index is 12.4. The molecule has 1 atom stereocenters. The van der Waals surface area contributed by atoms with Gasteiger partial charge >= 0.3 is 0 Å². The van der Waals surface area contributed by atoms with E-state index in [0.717, 1.165) is 5.56 Å². The lowest BCUT2D eigenvalue weighted by Gasteiger charge is -2.15. The zero-order valence-electron chi connectivity index (χ0n) is 11.6. The van der Waals surface area contributed by atoms with Gasteiger partial charge in [-0.2, -0.15) is 0 Å². The number of nitrogens with one attached hydrogen (secondary N) is 1. The van der Waals surface area contributed by atoms with Crippen LogP contribution in [0, 0.1) is 0 Å². The van der Waals surface area contributed by atoms with Crippen molar-refractivity contribution in [3.8, 4) is 0 Å². The Kier molecular flexibility index (Phi) is 5.00. The molecule has 0 aliphatic heterocycles. The summed E-state index contributed by atoms with van der Waals surface area (Å²) in [4.78, 5) is 0.132. The summed E-state index contributed by atoms with van der Waals surface area (Å²) in [5.74, 6) is 0. The summed E-state index contributed by atoms with van der Waals surface area (Å²) in [6.45, 7) is 2.07. The average molecular weight is 325 g/mol. The van der Waals surface area contributed by atoms with Gasteiger partial charge in [-0.25, -0.2) is 13.1 Å². The van der Waals surface area contributed by atoms with E-state index < -0.39 is 10.0 Å². The monoisotopic (exact) mass is 324 g/mol. The normalized spacial score (nSPS) is 13.1. The fourth-order valence-electron chi connectivity index (χ4n) is 1.97. The summed E-state index contributed by atoms with van der Waals surface area (Å²) in [5.41, 5.74) is 7.13. The molecule has 0 amide bonds. The quantitative estimate of drug-likeness (QED) is 0.888.